The van der Waals surface area contributed by atoms with E-state index in [-0.39, 0.29) is 11.7 Å². The molecule has 4 rings (SSSR count). The lowest BCUT2D eigenvalue weighted by Gasteiger charge is -2.09. The van der Waals surface area contributed by atoms with Crippen LogP contribution in [-0.2, 0) is 17.8 Å². The SMILES string of the molecule is O=C(CSc1nnc(-c2ccco2)n1Cc1ccccc1)NCCc1ccccn1. The van der Waals surface area contributed by atoms with Crippen LogP contribution in [0.5, 0.6) is 0 Å². The standard InChI is InChI=1S/C22H21N5O2S/c28-20(24-13-11-18-9-4-5-12-23-18)16-30-22-26-25-21(19-10-6-14-29-19)27(22)15-17-7-2-1-3-8-17/h1-10,12,14H,11,13,15-16H2,(H,24,28). The van der Waals surface area contributed by atoms with Crippen LogP contribution in [0.25, 0.3) is 11.6 Å². The number of hydrogen-bond donors (Lipinski definition) is 1. The van der Waals surface area contributed by atoms with Crippen molar-refractivity contribution in [2.45, 2.75) is 18.1 Å². The van der Waals surface area contributed by atoms with Crippen molar-refractivity contribution in [3.8, 4) is 11.6 Å². The van der Waals surface area contributed by atoms with Crippen molar-refractivity contribution in [2.75, 3.05) is 12.3 Å². The third kappa shape index (κ3) is 5.15. The zero-order valence-electron chi connectivity index (χ0n) is 16.3. The van der Waals surface area contributed by atoms with Crippen LogP contribution in [0.3, 0.4) is 0 Å². The Labute approximate surface area is 178 Å². The maximum Gasteiger partial charge on any atom is 0.230 e. The van der Waals surface area contributed by atoms with E-state index in [2.05, 4.69) is 20.5 Å². The Kier molecular flexibility index (Phi) is 6.56. The van der Waals surface area contributed by atoms with Gasteiger partial charge in [-0.05, 0) is 29.8 Å². The first kappa shape index (κ1) is 19.9. The lowest BCUT2D eigenvalue weighted by Crippen LogP contribution is -2.27. The van der Waals surface area contributed by atoms with Gasteiger partial charge < -0.3 is 9.73 Å². The molecule has 0 fully saturated rings. The van der Waals surface area contributed by atoms with Crippen LogP contribution in [0.2, 0.25) is 0 Å². The van der Waals surface area contributed by atoms with E-state index in [9.17, 15) is 4.79 Å². The molecule has 152 valence electrons. The summed E-state index contributed by atoms with van der Waals surface area (Å²) >= 11 is 1.36. The summed E-state index contributed by atoms with van der Waals surface area (Å²) in [6.45, 7) is 1.14. The number of nitrogens with zero attached hydrogens (tertiary/aromatic N) is 4. The van der Waals surface area contributed by atoms with Gasteiger partial charge in [0.1, 0.15) is 0 Å². The molecule has 0 saturated heterocycles. The quantitative estimate of drug-likeness (QED) is 0.418. The maximum absolute atomic E-state index is 12.3. The molecule has 0 aliphatic rings. The Bertz CT molecular complexity index is 1070. The number of thioether (sulfide) groups is 1. The third-order valence-electron chi connectivity index (χ3n) is 4.40. The molecule has 0 saturated carbocycles. The van der Waals surface area contributed by atoms with Crippen molar-refractivity contribution >= 4 is 17.7 Å². The van der Waals surface area contributed by atoms with Crippen molar-refractivity contribution in [3.63, 3.8) is 0 Å². The largest absolute Gasteiger partial charge is 0.461 e. The van der Waals surface area contributed by atoms with Gasteiger partial charge in [0.15, 0.2) is 10.9 Å². The minimum Gasteiger partial charge on any atom is -0.461 e. The van der Waals surface area contributed by atoms with E-state index in [0.29, 0.717) is 36.3 Å². The van der Waals surface area contributed by atoms with E-state index < -0.39 is 0 Å². The number of carbonyl (C=O) groups is 1. The molecule has 4 aromatic rings. The summed E-state index contributed by atoms with van der Waals surface area (Å²) in [5, 5.41) is 12.2. The second-order valence-corrected chi connectivity index (χ2v) is 7.51. The monoisotopic (exact) mass is 419 g/mol. The lowest BCUT2D eigenvalue weighted by molar-refractivity contribution is -0.118. The van der Waals surface area contributed by atoms with Crippen molar-refractivity contribution in [2.24, 2.45) is 0 Å². The average Bonchev–Trinajstić information content (AvgIpc) is 3.44. The molecule has 1 amide bonds. The summed E-state index contributed by atoms with van der Waals surface area (Å²) in [6, 6.07) is 19.5. The average molecular weight is 420 g/mol. The number of carbonyl (C=O) groups excluding carboxylic acids is 1. The number of benzene rings is 1. The number of pyridine rings is 1. The van der Waals surface area contributed by atoms with E-state index in [0.717, 1.165) is 11.3 Å². The summed E-state index contributed by atoms with van der Waals surface area (Å²) in [6.07, 6.45) is 4.06. The minimum absolute atomic E-state index is 0.0512. The Balaban J connectivity index is 1.40. The zero-order valence-corrected chi connectivity index (χ0v) is 17.1. The summed E-state index contributed by atoms with van der Waals surface area (Å²) < 4.78 is 7.49. The van der Waals surface area contributed by atoms with Crippen molar-refractivity contribution in [1.29, 1.82) is 0 Å². The zero-order chi connectivity index (χ0) is 20.6. The smallest absolute Gasteiger partial charge is 0.230 e. The molecule has 0 spiro atoms. The predicted octanol–water partition coefficient (Wildman–Crippen LogP) is 3.43. The van der Waals surface area contributed by atoms with Crippen LogP contribution in [0, 0.1) is 0 Å². The summed E-state index contributed by atoms with van der Waals surface area (Å²) in [7, 11) is 0. The molecule has 1 aromatic carbocycles. The molecular weight excluding hydrogens is 398 g/mol. The molecule has 3 aromatic heterocycles. The van der Waals surface area contributed by atoms with Crippen molar-refractivity contribution in [1.82, 2.24) is 25.1 Å². The van der Waals surface area contributed by atoms with Gasteiger partial charge in [0, 0.05) is 24.9 Å². The number of hydrogen-bond acceptors (Lipinski definition) is 6. The highest BCUT2D eigenvalue weighted by molar-refractivity contribution is 7.99. The van der Waals surface area contributed by atoms with Crippen LogP contribution in [0.1, 0.15) is 11.3 Å². The molecule has 3 heterocycles. The number of amides is 1. The molecule has 0 bridgehead atoms. The Hall–Kier alpha value is -3.39. The van der Waals surface area contributed by atoms with Gasteiger partial charge in [0.2, 0.25) is 11.7 Å². The molecule has 0 aliphatic heterocycles. The molecule has 0 radical (unpaired) electrons. The van der Waals surface area contributed by atoms with E-state index in [1.807, 2.05) is 65.2 Å². The van der Waals surface area contributed by atoms with Gasteiger partial charge in [-0.3, -0.25) is 14.3 Å². The second kappa shape index (κ2) is 9.89. The van der Waals surface area contributed by atoms with Crippen LogP contribution in [0.4, 0.5) is 0 Å². The second-order valence-electron chi connectivity index (χ2n) is 6.56. The Morgan fingerprint density at radius 2 is 1.90 bits per heavy atom. The summed E-state index contributed by atoms with van der Waals surface area (Å²) in [5.74, 6) is 1.49. The van der Waals surface area contributed by atoms with Crippen LogP contribution in [-0.4, -0.2) is 38.0 Å². The van der Waals surface area contributed by atoms with Gasteiger partial charge in [-0.2, -0.15) is 0 Å². The van der Waals surface area contributed by atoms with Crippen LogP contribution >= 0.6 is 11.8 Å². The Morgan fingerprint density at radius 3 is 2.67 bits per heavy atom. The lowest BCUT2D eigenvalue weighted by atomic mass is 10.2. The summed E-state index contributed by atoms with van der Waals surface area (Å²) in [4.78, 5) is 16.5. The van der Waals surface area contributed by atoms with Crippen LogP contribution < -0.4 is 5.32 Å². The highest BCUT2D eigenvalue weighted by Gasteiger charge is 2.17. The number of rotatable bonds is 9. The van der Waals surface area contributed by atoms with E-state index in [1.54, 1.807) is 12.5 Å². The van der Waals surface area contributed by atoms with Gasteiger partial charge in [0.25, 0.3) is 0 Å². The highest BCUT2D eigenvalue weighted by atomic mass is 32.2. The Morgan fingerprint density at radius 1 is 1.03 bits per heavy atom. The summed E-state index contributed by atoms with van der Waals surface area (Å²) in [5.41, 5.74) is 2.07. The molecule has 1 N–H and O–H groups in total. The normalized spacial score (nSPS) is 10.8. The first-order valence-corrected chi connectivity index (χ1v) is 10.6. The highest BCUT2D eigenvalue weighted by Crippen LogP contribution is 2.25. The topological polar surface area (TPSA) is 85.8 Å². The molecule has 30 heavy (non-hydrogen) atoms. The van der Waals surface area contributed by atoms with Crippen molar-refractivity contribution < 1.29 is 9.21 Å². The minimum atomic E-state index is -0.0512. The first-order valence-electron chi connectivity index (χ1n) is 9.60. The van der Waals surface area contributed by atoms with Gasteiger partial charge >= 0.3 is 0 Å². The fourth-order valence-electron chi connectivity index (χ4n) is 2.95. The molecule has 0 atom stereocenters. The fourth-order valence-corrected chi connectivity index (χ4v) is 3.72. The van der Waals surface area contributed by atoms with Crippen LogP contribution in [0.15, 0.2) is 82.7 Å². The molecule has 0 unspecified atom stereocenters. The third-order valence-corrected chi connectivity index (χ3v) is 5.37. The van der Waals surface area contributed by atoms with Gasteiger partial charge in [-0.15, -0.1) is 10.2 Å². The van der Waals surface area contributed by atoms with Gasteiger partial charge in [0.05, 0.1) is 18.6 Å². The molecule has 7 nitrogen and oxygen atoms in total. The predicted molar refractivity (Wildman–Crippen MR) is 115 cm³/mol. The number of furan rings is 1. The number of aromatic nitrogens is 4. The van der Waals surface area contributed by atoms with E-state index in [1.165, 1.54) is 11.8 Å². The van der Waals surface area contributed by atoms with E-state index >= 15 is 0 Å². The van der Waals surface area contributed by atoms with Gasteiger partial charge in [-0.1, -0.05) is 48.2 Å². The molecule has 8 heteroatoms. The number of nitrogens with one attached hydrogen (secondary N) is 1. The van der Waals surface area contributed by atoms with Gasteiger partial charge in [-0.25, -0.2) is 0 Å². The van der Waals surface area contributed by atoms with Crippen molar-refractivity contribution in [3.05, 3.63) is 84.4 Å². The molecular formula is C22H21N5O2S. The maximum atomic E-state index is 12.3. The molecule has 0 aliphatic carbocycles. The first-order chi connectivity index (χ1) is 14.8. The fraction of sp³-hybridized carbons (Fsp3) is 0.182. The van der Waals surface area contributed by atoms with E-state index in [4.69, 9.17) is 4.42 Å².